The van der Waals surface area contributed by atoms with Gasteiger partial charge in [-0.1, -0.05) is 13.8 Å². The number of benzene rings is 1. The van der Waals surface area contributed by atoms with E-state index >= 15 is 0 Å². The number of carbonyl (C=O) groups excluding carboxylic acids is 5. The normalized spacial score (nSPS) is 30.1. The first kappa shape index (κ1) is 30.8. The lowest BCUT2D eigenvalue weighted by molar-refractivity contribution is -0.181. The summed E-state index contributed by atoms with van der Waals surface area (Å²) in [4.78, 5) is 69.0. The Kier molecular flexibility index (Phi) is 7.72. The average Bonchev–Trinajstić information content (AvgIpc) is 2.79. The number of rotatable bonds is 6. The number of nitrogens with zero attached hydrogens (tertiary/aromatic N) is 2. The van der Waals surface area contributed by atoms with E-state index < -0.39 is 99.4 Å². The van der Waals surface area contributed by atoms with Crippen LogP contribution in [0.2, 0.25) is 0 Å². The highest BCUT2D eigenvalue weighted by Gasteiger charge is 2.69. The second kappa shape index (κ2) is 10.3. The zero-order valence-electron chi connectivity index (χ0n) is 23.4. The van der Waals surface area contributed by atoms with Gasteiger partial charge in [0, 0.05) is 19.0 Å². The van der Waals surface area contributed by atoms with Crippen LogP contribution < -0.4 is 5.73 Å². The number of hydrogen-bond acceptors (Lipinski definition) is 9. The van der Waals surface area contributed by atoms with Crippen molar-refractivity contribution in [1.29, 1.82) is 0 Å². The van der Waals surface area contributed by atoms with Crippen LogP contribution in [0.15, 0.2) is 6.07 Å². The molecule has 0 spiro atoms. The summed E-state index contributed by atoms with van der Waals surface area (Å²) in [7, 11) is 4.49. The molecule has 0 radical (unpaired) electrons. The highest BCUT2D eigenvalue weighted by atomic mass is 19.4. The van der Waals surface area contributed by atoms with E-state index in [1.807, 2.05) is 13.8 Å². The van der Waals surface area contributed by atoms with Crippen molar-refractivity contribution in [3.63, 3.8) is 0 Å². The minimum absolute atomic E-state index is 0.148. The molecule has 41 heavy (non-hydrogen) atoms. The van der Waals surface area contributed by atoms with Crippen molar-refractivity contribution in [3.8, 4) is 5.75 Å². The highest BCUT2D eigenvalue weighted by Crippen LogP contribution is 2.52. The molecule has 3 aliphatic rings. The number of phenolic OH excluding ortho intramolecular Hbond substituents is 1. The number of hydrogen-bond donors (Lipinski definition) is 3. The Morgan fingerprint density at radius 1 is 1.15 bits per heavy atom. The third-order valence-electron chi connectivity index (χ3n) is 8.55. The number of nitrogens with two attached hydrogens (primary N) is 1. The Morgan fingerprint density at radius 3 is 2.27 bits per heavy atom. The number of likely N-dealkylation sites (N-methyl/N-ethyl adjacent to an activating group) is 1. The first-order valence-electron chi connectivity index (χ1n) is 13.3. The molecule has 1 amide bonds. The molecule has 0 bridgehead atoms. The number of halogens is 3. The van der Waals surface area contributed by atoms with Crippen LogP contribution in [-0.4, -0.2) is 88.4 Å². The van der Waals surface area contributed by atoms with Crippen molar-refractivity contribution >= 4 is 29.0 Å². The van der Waals surface area contributed by atoms with E-state index in [-0.39, 0.29) is 24.4 Å². The van der Waals surface area contributed by atoms with Crippen LogP contribution in [0.4, 0.5) is 13.2 Å². The maximum Gasteiger partial charge on any atom is 0.417 e. The van der Waals surface area contributed by atoms with Crippen LogP contribution in [0, 0.1) is 29.6 Å². The number of ketones is 4. The minimum Gasteiger partial charge on any atom is -0.507 e. The summed E-state index contributed by atoms with van der Waals surface area (Å²) in [5.74, 6) is -13.2. The summed E-state index contributed by atoms with van der Waals surface area (Å²) >= 11 is 0. The predicted octanol–water partition coefficient (Wildman–Crippen LogP) is 0.974. The van der Waals surface area contributed by atoms with Gasteiger partial charge in [0.1, 0.15) is 5.75 Å². The smallest absolute Gasteiger partial charge is 0.417 e. The highest BCUT2D eigenvalue weighted by molar-refractivity contribution is 6.32. The molecular formula is C28H34F3N3O7. The van der Waals surface area contributed by atoms with E-state index in [9.17, 15) is 47.4 Å². The number of phenols is 1. The number of aromatic hydroxyl groups is 1. The molecule has 3 aliphatic carbocycles. The van der Waals surface area contributed by atoms with Crippen LogP contribution >= 0.6 is 0 Å². The lowest BCUT2D eigenvalue weighted by Crippen LogP contribution is -2.74. The molecular weight excluding hydrogens is 547 g/mol. The molecule has 4 rings (SSSR count). The molecule has 0 saturated heterocycles. The van der Waals surface area contributed by atoms with E-state index in [0.717, 1.165) is 6.07 Å². The topological polar surface area (TPSA) is 158 Å². The Balaban J connectivity index is 1.88. The van der Waals surface area contributed by atoms with E-state index in [2.05, 4.69) is 0 Å². The lowest BCUT2D eigenvalue weighted by atomic mass is 9.52. The van der Waals surface area contributed by atoms with Crippen LogP contribution in [0.1, 0.15) is 47.3 Å². The average molecular weight is 582 g/mol. The van der Waals surface area contributed by atoms with Crippen molar-refractivity contribution < 1.29 is 47.4 Å². The summed E-state index contributed by atoms with van der Waals surface area (Å²) in [5.41, 5.74) is -0.116. The van der Waals surface area contributed by atoms with Gasteiger partial charge in [-0.3, -0.25) is 28.9 Å². The van der Waals surface area contributed by atoms with Gasteiger partial charge >= 0.3 is 6.18 Å². The zero-order valence-corrected chi connectivity index (χ0v) is 23.4. The first-order chi connectivity index (χ1) is 18.8. The summed E-state index contributed by atoms with van der Waals surface area (Å²) in [6.07, 6.45) is -5.70. The molecule has 10 nitrogen and oxygen atoms in total. The number of primary amides is 1. The SMILES string of the molecule is CC(C)CN(C)Cc1cc(O)c2c(c1C(F)(F)F)C[C@H]1C[C@H]3[C@H](N(C)C)C(=O)C(C(N)=O)C(=O)[C@@]3(O)C(=O)C1C2=O. The molecule has 1 aromatic rings. The Morgan fingerprint density at radius 2 is 1.76 bits per heavy atom. The van der Waals surface area contributed by atoms with Gasteiger partial charge in [0.25, 0.3) is 0 Å². The second-order valence-electron chi connectivity index (χ2n) is 12.2. The largest absolute Gasteiger partial charge is 0.507 e. The fourth-order valence-corrected chi connectivity index (χ4v) is 7.20. The molecule has 2 unspecified atom stereocenters. The molecule has 0 aromatic heterocycles. The van der Waals surface area contributed by atoms with Gasteiger partial charge in [0.2, 0.25) is 5.91 Å². The van der Waals surface area contributed by atoms with Crippen molar-refractivity contribution in [2.75, 3.05) is 27.7 Å². The van der Waals surface area contributed by atoms with Crippen molar-refractivity contribution in [2.45, 2.75) is 51.1 Å². The van der Waals surface area contributed by atoms with E-state index in [1.54, 1.807) is 11.9 Å². The Labute approximate surface area is 234 Å². The van der Waals surface area contributed by atoms with Crippen molar-refractivity contribution in [3.05, 3.63) is 28.3 Å². The quantitative estimate of drug-likeness (QED) is 0.417. The predicted molar refractivity (Wildman–Crippen MR) is 138 cm³/mol. The molecule has 4 N–H and O–H groups in total. The standard InChI is InChI=1S/C28H34F3N3O7/c1-11(2)9-34(5)10-13-8-16(35)18-14(20(13)28(29,30)31)6-12-7-15-21(33(3)4)23(37)19(26(32)40)25(39)27(15,41)24(38)17(12)22(18)36/h8,11-12,15,17,19,21,35,41H,6-7,9-10H2,1-5H3,(H2,32,40)/t12-,15-,17?,19?,21-,27-/m0/s1. The molecule has 6 atom stereocenters. The summed E-state index contributed by atoms with van der Waals surface area (Å²) in [6.45, 7) is 4.10. The van der Waals surface area contributed by atoms with E-state index in [1.165, 1.54) is 19.0 Å². The van der Waals surface area contributed by atoms with Gasteiger partial charge in [0.05, 0.1) is 23.1 Å². The monoisotopic (exact) mass is 581 g/mol. The third-order valence-corrected chi connectivity index (χ3v) is 8.55. The maximum absolute atomic E-state index is 14.6. The number of alkyl halides is 3. The molecule has 2 fully saturated rings. The summed E-state index contributed by atoms with van der Waals surface area (Å²) < 4.78 is 43.7. The van der Waals surface area contributed by atoms with Crippen molar-refractivity contribution in [2.24, 2.45) is 35.3 Å². The van der Waals surface area contributed by atoms with E-state index in [0.29, 0.717) is 6.54 Å². The van der Waals surface area contributed by atoms with Crippen LogP contribution in [0.25, 0.3) is 0 Å². The number of fused-ring (bicyclic) bond motifs is 3. The number of carbonyl (C=O) groups is 5. The molecule has 0 heterocycles. The van der Waals surface area contributed by atoms with Crippen LogP contribution in [-0.2, 0) is 38.3 Å². The lowest BCUT2D eigenvalue weighted by Gasteiger charge is -2.52. The Bertz CT molecular complexity index is 1340. The van der Waals surface area contributed by atoms with Gasteiger partial charge in [-0.2, -0.15) is 13.2 Å². The molecule has 2 saturated carbocycles. The van der Waals surface area contributed by atoms with Gasteiger partial charge in [-0.15, -0.1) is 0 Å². The zero-order chi connectivity index (χ0) is 30.9. The van der Waals surface area contributed by atoms with Crippen molar-refractivity contribution in [1.82, 2.24) is 9.80 Å². The van der Waals surface area contributed by atoms with Crippen LogP contribution in [0.3, 0.4) is 0 Å². The number of amides is 1. The molecule has 0 aliphatic heterocycles. The Hall–Kier alpha value is -3.16. The van der Waals surface area contributed by atoms with Gasteiger partial charge in [-0.05, 0) is 63.0 Å². The first-order valence-corrected chi connectivity index (χ1v) is 13.3. The molecule has 224 valence electrons. The summed E-state index contributed by atoms with van der Waals surface area (Å²) in [5, 5.41) is 22.4. The van der Waals surface area contributed by atoms with Gasteiger partial charge in [-0.25, -0.2) is 0 Å². The summed E-state index contributed by atoms with van der Waals surface area (Å²) in [6, 6.07) is -0.472. The fraction of sp³-hybridized carbons (Fsp3) is 0.607. The minimum atomic E-state index is -4.91. The number of Topliss-reactive ketones (excluding diaryl/α,β-unsaturated/α-hetero) is 4. The third kappa shape index (κ3) is 4.77. The second-order valence-corrected chi connectivity index (χ2v) is 12.2. The maximum atomic E-state index is 14.6. The molecule has 13 heteroatoms. The van der Waals surface area contributed by atoms with Gasteiger partial charge in [0.15, 0.2) is 34.7 Å². The fourth-order valence-electron chi connectivity index (χ4n) is 7.20. The van der Waals surface area contributed by atoms with E-state index in [4.69, 9.17) is 5.73 Å². The van der Waals surface area contributed by atoms with Crippen LogP contribution in [0.5, 0.6) is 5.75 Å². The van der Waals surface area contributed by atoms with Gasteiger partial charge < -0.3 is 20.8 Å². The molecule has 1 aromatic carbocycles. The number of aliphatic hydroxyl groups is 1.